The highest BCUT2D eigenvalue weighted by Crippen LogP contribution is 2.35. The van der Waals surface area contributed by atoms with Crippen LogP contribution >= 0.6 is 33.9 Å². The monoisotopic (exact) mass is 326 g/mol. The zero-order valence-electron chi connectivity index (χ0n) is 9.12. The lowest BCUT2D eigenvalue weighted by Crippen LogP contribution is -1.99. The van der Waals surface area contributed by atoms with E-state index in [2.05, 4.69) is 5.92 Å². The molecule has 0 radical (unpaired) electrons. The van der Waals surface area contributed by atoms with E-state index in [-0.39, 0.29) is 14.9 Å². The van der Waals surface area contributed by atoms with Crippen LogP contribution in [-0.2, 0) is 9.05 Å². The Labute approximate surface area is 120 Å². The Morgan fingerprint density at radius 1 is 1.28 bits per heavy atom. The van der Waals surface area contributed by atoms with E-state index in [4.69, 9.17) is 45.0 Å². The van der Waals surface area contributed by atoms with Crippen molar-refractivity contribution in [3.05, 3.63) is 22.2 Å². The summed E-state index contributed by atoms with van der Waals surface area (Å²) in [5, 5.41) is 0.0840. The van der Waals surface area contributed by atoms with Gasteiger partial charge in [-0.15, -0.1) is 12.3 Å². The van der Waals surface area contributed by atoms with Crippen LogP contribution in [0.2, 0.25) is 10.0 Å². The molecule has 0 bridgehead atoms. The maximum absolute atomic E-state index is 11.2. The summed E-state index contributed by atoms with van der Waals surface area (Å²) in [7, 11) is 1.27. The maximum Gasteiger partial charge on any atom is 0.262 e. The van der Waals surface area contributed by atoms with Crippen LogP contribution in [0.15, 0.2) is 17.0 Å². The van der Waals surface area contributed by atoms with Crippen LogP contribution in [0.1, 0.15) is 12.8 Å². The van der Waals surface area contributed by atoms with Gasteiger partial charge in [-0.2, -0.15) is 0 Å². The lowest BCUT2D eigenvalue weighted by molar-refractivity contribution is 0.313. The quantitative estimate of drug-likeness (QED) is 0.470. The largest absolute Gasteiger partial charge is 0.492 e. The van der Waals surface area contributed by atoms with Gasteiger partial charge >= 0.3 is 0 Å². The zero-order chi connectivity index (χ0) is 13.8. The van der Waals surface area contributed by atoms with Gasteiger partial charge in [0.2, 0.25) is 0 Å². The Kier molecular flexibility index (Phi) is 5.61. The number of terminal acetylenes is 1. The van der Waals surface area contributed by atoms with Gasteiger partial charge in [-0.3, -0.25) is 0 Å². The number of benzene rings is 1. The highest BCUT2D eigenvalue weighted by molar-refractivity contribution is 8.13. The lowest BCUT2D eigenvalue weighted by Gasteiger charge is -2.09. The van der Waals surface area contributed by atoms with Crippen molar-refractivity contribution in [2.75, 3.05) is 6.61 Å². The number of hydrogen-bond acceptors (Lipinski definition) is 3. The number of unbranched alkanes of at least 4 members (excludes halogenated alkanes) is 1. The minimum atomic E-state index is -3.93. The molecule has 0 unspecified atom stereocenters. The minimum absolute atomic E-state index is 0.0404. The first-order chi connectivity index (χ1) is 8.36. The van der Waals surface area contributed by atoms with Gasteiger partial charge < -0.3 is 4.74 Å². The first kappa shape index (κ1) is 15.5. The van der Waals surface area contributed by atoms with Crippen molar-refractivity contribution in [3.8, 4) is 18.1 Å². The molecule has 0 fully saturated rings. The summed E-state index contributed by atoms with van der Waals surface area (Å²) in [6.07, 6.45) is 6.35. The molecule has 0 aliphatic heterocycles. The molecule has 98 valence electrons. The number of ether oxygens (including phenoxy) is 1. The predicted molar refractivity (Wildman–Crippen MR) is 73.1 cm³/mol. The molecule has 0 amide bonds. The molecule has 0 spiro atoms. The van der Waals surface area contributed by atoms with E-state index in [0.29, 0.717) is 25.2 Å². The highest BCUT2D eigenvalue weighted by Gasteiger charge is 2.18. The van der Waals surface area contributed by atoms with Crippen LogP contribution in [0, 0.1) is 12.3 Å². The van der Waals surface area contributed by atoms with Crippen molar-refractivity contribution in [1.29, 1.82) is 0 Å². The van der Waals surface area contributed by atoms with Crippen molar-refractivity contribution in [2.45, 2.75) is 17.7 Å². The van der Waals surface area contributed by atoms with Gasteiger partial charge in [0.25, 0.3) is 9.05 Å². The second-order valence-electron chi connectivity index (χ2n) is 3.31. The summed E-state index contributed by atoms with van der Waals surface area (Å²) in [5.74, 6) is 2.77. The molecule has 0 aliphatic carbocycles. The van der Waals surface area contributed by atoms with Crippen LogP contribution in [0.3, 0.4) is 0 Å². The van der Waals surface area contributed by atoms with Gasteiger partial charge in [0.05, 0.1) is 16.7 Å². The molecule has 1 aromatic carbocycles. The van der Waals surface area contributed by atoms with Crippen LogP contribution in [0.5, 0.6) is 5.75 Å². The van der Waals surface area contributed by atoms with E-state index < -0.39 is 9.05 Å². The van der Waals surface area contributed by atoms with Gasteiger partial charge in [0.1, 0.15) is 10.6 Å². The molecule has 7 heteroatoms. The molecule has 0 saturated carbocycles. The fraction of sp³-hybridized carbons (Fsp3) is 0.273. The molecule has 1 rings (SSSR count). The smallest absolute Gasteiger partial charge is 0.262 e. The second kappa shape index (κ2) is 6.53. The Morgan fingerprint density at radius 2 is 1.94 bits per heavy atom. The lowest BCUT2D eigenvalue weighted by atomic mass is 10.3. The van der Waals surface area contributed by atoms with Crippen molar-refractivity contribution in [1.82, 2.24) is 0 Å². The average molecular weight is 328 g/mol. The summed E-state index contributed by atoms with van der Waals surface area (Å²) in [4.78, 5) is -0.244. The van der Waals surface area contributed by atoms with E-state index in [1.54, 1.807) is 0 Å². The minimum Gasteiger partial charge on any atom is -0.492 e. The third kappa shape index (κ3) is 4.25. The topological polar surface area (TPSA) is 43.4 Å². The molecule has 0 aliphatic rings. The van der Waals surface area contributed by atoms with E-state index in [9.17, 15) is 8.42 Å². The zero-order valence-corrected chi connectivity index (χ0v) is 12.2. The summed E-state index contributed by atoms with van der Waals surface area (Å²) in [6, 6.07) is 2.47. The fourth-order valence-electron chi connectivity index (χ4n) is 1.16. The molecule has 18 heavy (non-hydrogen) atoms. The molecule has 0 atom stereocenters. The van der Waals surface area contributed by atoms with Crippen LogP contribution in [0.4, 0.5) is 0 Å². The van der Waals surface area contributed by atoms with Gasteiger partial charge in [0.15, 0.2) is 0 Å². The number of hydrogen-bond donors (Lipinski definition) is 0. The van der Waals surface area contributed by atoms with Crippen LogP contribution < -0.4 is 4.74 Å². The first-order valence-electron chi connectivity index (χ1n) is 4.86. The van der Waals surface area contributed by atoms with Crippen molar-refractivity contribution in [3.63, 3.8) is 0 Å². The Morgan fingerprint density at radius 3 is 2.50 bits per heavy atom. The van der Waals surface area contributed by atoms with Gasteiger partial charge in [-0.1, -0.05) is 23.2 Å². The molecule has 0 heterocycles. The van der Waals surface area contributed by atoms with E-state index >= 15 is 0 Å². The van der Waals surface area contributed by atoms with E-state index in [0.717, 1.165) is 6.07 Å². The number of rotatable bonds is 5. The molecule has 0 aromatic heterocycles. The standard InChI is InChI=1S/C11H9Cl3O3S/c1-2-3-4-5-17-10-6-9(13)11(7-8(10)12)18(14,15)16/h1,6-7H,3-5H2. The molecular weight excluding hydrogens is 319 g/mol. The summed E-state index contributed by atoms with van der Waals surface area (Å²) < 4.78 is 27.7. The Balaban J connectivity index is 2.91. The van der Waals surface area contributed by atoms with E-state index in [1.807, 2.05) is 0 Å². The van der Waals surface area contributed by atoms with Crippen LogP contribution in [-0.4, -0.2) is 15.0 Å². The summed E-state index contributed by atoms with van der Waals surface area (Å²) >= 11 is 11.7. The molecule has 0 saturated heterocycles. The Hall–Kier alpha value is -0.600. The van der Waals surface area contributed by atoms with Crippen molar-refractivity contribution in [2.24, 2.45) is 0 Å². The molecular formula is C11H9Cl3O3S. The highest BCUT2D eigenvalue weighted by atomic mass is 35.7. The third-order valence-electron chi connectivity index (χ3n) is 1.97. The average Bonchev–Trinajstić information content (AvgIpc) is 2.27. The summed E-state index contributed by atoms with van der Waals surface area (Å²) in [5.41, 5.74) is 0. The predicted octanol–water partition coefficient (Wildman–Crippen LogP) is 3.71. The van der Waals surface area contributed by atoms with Gasteiger partial charge in [-0.25, -0.2) is 8.42 Å². The second-order valence-corrected chi connectivity index (χ2v) is 6.66. The SMILES string of the molecule is C#CCCCOc1cc(Cl)c(S(=O)(=O)Cl)cc1Cl. The third-order valence-corrected chi connectivity index (χ3v) is 4.05. The van der Waals surface area contributed by atoms with Crippen molar-refractivity contribution >= 4 is 42.9 Å². The molecule has 0 N–H and O–H groups in total. The normalized spacial score (nSPS) is 11.0. The number of halogens is 3. The maximum atomic E-state index is 11.2. The van der Waals surface area contributed by atoms with E-state index in [1.165, 1.54) is 6.07 Å². The molecule has 3 nitrogen and oxygen atoms in total. The van der Waals surface area contributed by atoms with Crippen LogP contribution in [0.25, 0.3) is 0 Å². The summed E-state index contributed by atoms with van der Waals surface area (Å²) in [6.45, 7) is 0.368. The van der Waals surface area contributed by atoms with Gasteiger partial charge in [0, 0.05) is 23.2 Å². The molecule has 1 aromatic rings. The van der Waals surface area contributed by atoms with Gasteiger partial charge in [-0.05, 0) is 12.5 Å². The Bertz CT molecular complexity index is 576. The fourth-order valence-corrected chi connectivity index (χ4v) is 2.96. The van der Waals surface area contributed by atoms with Crippen molar-refractivity contribution < 1.29 is 13.2 Å². The first-order valence-corrected chi connectivity index (χ1v) is 7.92.